The molecule has 1 saturated heterocycles. The van der Waals surface area contributed by atoms with E-state index in [2.05, 4.69) is 35.9 Å². The van der Waals surface area contributed by atoms with E-state index < -0.39 is 0 Å². The summed E-state index contributed by atoms with van der Waals surface area (Å²) in [6.07, 6.45) is 1.22. The van der Waals surface area contributed by atoms with Gasteiger partial charge in [-0.15, -0.1) is 0 Å². The highest BCUT2D eigenvalue weighted by Crippen LogP contribution is 2.09. The number of nitrogens with one attached hydrogen (secondary N) is 1. The third-order valence-corrected chi connectivity index (χ3v) is 3.98. The van der Waals surface area contributed by atoms with Crippen molar-refractivity contribution in [1.29, 1.82) is 0 Å². The van der Waals surface area contributed by atoms with Gasteiger partial charge in [-0.25, -0.2) is 0 Å². The van der Waals surface area contributed by atoms with E-state index in [0.29, 0.717) is 12.6 Å². The molecule has 1 fully saturated rings. The van der Waals surface area contributed by atoms with E-state index >= 15 is 0 Å². The standard InChI is InChI=1S/C13H27N3OS/c1-5-12(3)15-6-8-16(9-7-15)13(18)14-11(2)10-17-4/h11-12H,5-10H2,1-4H3,(H,14,18). The normalized spacial score (nSPS) is 20.6. The number of nitrogens with zero attached hydrogens (tertiary/aromatic N) is 2. The van der Waals surface area contributed by atoms with Gasteiger partial charge in [0.15, 0.2) is 5.11 Å². The van der Waals surface area contributed by atoms with Crippen molar-refractivity contribution in [2.24, 2.45) is 0 Å². The molecule has 1 rings (SSSR count). The van der Waals surface area contributed by atoms with Crippen molar-refractivity contribution in [1.82, 2.24) is 15.1 Å². The summed E-state index contributed by atoms with van der Waals surface area (Å²) in [4.78, 5) is 4.80. The first kappa shape index (κ1) is 15.7. The van der Waals surface area contributed by atoms with Crippen molar-refractivity contribution >= 4 is 17.3 Å². The van der Waals surface area contributed by atoms with Gasteiger partial charge in [0, 0.05) is 45.4 Å². The SMILES string of the molecule is CCC(C)N1CCN(C(=S)NC(C)COC)CC1. The van der Waals surface area contributed by atoms with Crippen LogP contribution in [0, 0.1) is 0 Å². The minimum Gasteiger partial charge on any atom is -0.383 e. The summed E-state index contributed by atoms with van der Waals surface area (Å²) >= 11 is 5.44. The van der Waals surface area contributed by atoms with Crippen LogP contribution in [0.1, 0.15) is 27.2 Å². The number of rotatable bonds is 5. The maximum absolute atomic E-state index is 5.44. The van der Waals surface area contributed by atoms with Gasteiger partial charge in [-0.3, -0.25) is 4.90 Å². The first-order valence-electron chi connectivity index (χ1n) is 6.86. The Labute approximate surface area is 117 Å². The number of hydrogen-bond donors (Lipinski definition) is 1. The summed E-state index contributed by atoms with van der Waals surface area (Å²) in [5, 5.41) is 4.19. The van der Waals surface area contributed by atoms with E-state index in [4.69, 9.17) is 17.0 Å². The summed E-state index contributed by atoms with van der Waals surface area (Å²) in [6, 6.07) is 0.955. The van der Waals surface area contributed by atoms with Gasteiger partial charge in [0.2, 0.25) is 0 Å². The molecule has 106 valence electrons. The Morgan fingerprint density at radius 3 is 2.39 bits per heavy atom. The van der Waals surface area contributed by atoms with Gasteiger partial charge in [-0.1, -0.05) is 6.92 Å². The third-order valence-electron chi connectivity index (χ3n) is 3.60. The Bertz CT molecular complexity index is 255. The van der Waals surface area contributed by atoms with E-state index in [1.165, 1.54) is 6.42 Å². The molecule has 0 aromatic carbocycles. The van der Waals surface area contributed by atoms with Crippen molar-refractivity contribution in [3.05, 3.63) is 0 Å². The highest BCUT2D eigenvalue weighted by atomic mass is 32.1. The molecule has 4 nitrogen and oxygen atoms in total. The van der Waals surface area contributed by atoms with Gasteiger partial charge in [0.1, 0.15) is 0 Å². The molecule has 1 aliphatic rings. The maximum Gasteiger partial charge on any atom is 0.169 e. The Kier molecular flexibility index (Phi) is 6.89. The Morgan fingerprint density at radius 1 is 1.28 bits per heavy atom. The number of thiocarbonyl (C=S) groups is 1. The first-order chi connectivity index (χ1) is 8.58. The fourth-order valence-electron chi connectivity index (χ4n) is 2.22. The smallest absolute Gasteiger partial charge is 0.169 e. The molecule has 0 aromatic heterocycles. The molecular weight excluding hydrogens is 246 g/mol. The van der Waals surface area contributed by atoms with Crippen LogP contribution < -0.4 is 5.32 Å². The van der Waals surface area contributed by atoms with Gasteiger partial charge in [0.05, 0.1) is 6.61 Å². The first-order valence-corrected chi connectivity index (χ1v) is 7.27. The molecule has 1 aliphatic heterocycles. The topological polar surface area (TPSA) is 27.7 Å². The molecule has 1 heterocycles. The predicted octanol–water partition coefficient (Wildman–Crippen LogP) is 1.31. The van der Waals surface area contributed by atoms with E-state index in [1.54, 1.807) is 7.11 Å². The van der Waals surface area contributed by atoms with Crippen LogP contribution in [-0.4, -0.2) is 66.9 Å². The predicted molar refractivity (Wildman–Crippen MR) is 80.0 cm³/mol. The summed E-state index contributed by atoms with van der Waals surface area (Å²) in [5.41, 5.74) is 0. The lowest BCUT2D eigenvalue weighted by Crippen LogP contribution is -2.54. The van der Waals surface area contributed by atoms with E-state index in [1.807, 2.05) is 0 Å². The van der Waals surface area contributed by atoms with Crippen LogP contribution in [0.25, 0.3) is 0 Å². The summed E-state index contributed by atoms with van der Waals surface area (Å²) in [5.74, 6) is 0. The zero-order valence-corrected chi connectivity index (χ0v) is 12.9. The second-order valence-corrected chi connectivity index (χ2v) is 5.47. The minimum absolute atomic E-state index is 0.273. The molecule has 5 heteroatoms. The van der Waals surface area contributed by atoms with Crippen molar-refractivity contribution in [3.8, 4) is 0 Å². The summed E-state index contributed by atoms with van der Waals surface area (Å²) in [7, 11) is 1.71. The van der Waals surface area contributed by atoms with E-state index in [0.717, 1.165) is 31.3 Å². The lowest BCUT2D eigenvalue weighted by atomic mass is 10.2. The lowest BCUT2D eigenvalue weighted by Gasteiger charge is -2.39. The Balaban J connectivity index is 2.31. The largest absolute Gasteiger partial charge is 0.383 e. The fraction of sp³-hybridized carbons (Fsp3) is 0.923. The molecule has 0 aliphatic carbocycles. The average molecular weight is 273 g/mol. The van der Waals surface area contributed by atoms with Crippen LogP contribution in [0.15, 0.2) is 0 Å². The molecule has 1 N–H and O–H groups in total. The molecule has 0 amide bonds. The molecule has 0 spiro atoms. The summed E-state index contributed by atoms with van der Waals surface area (Å²) in [6.45, 7) is 11.6. The molecule has 0 radical (unpaired) electrons. The maximum atomic E-state index is 5.44. The quantitative estimate of drug-likeness (QED) is 0.763. The van der Waals surface area contributed by atoms with Crippen molar-refractivity contribution in [2.45, 2.75) is 39.3 Å². The monoisotopic (exact) mass is 273 g/mol. The van der Waals surface area contributed by atoms with Crippen LogP contribution in [0.3, 0.4) is 0 Å². The van der Waals surface area contributed by atoms with Gasteiger partial charge in [-0.05, 0) is 32.5 Å². The molecule has 0 saturated carbocycles. The van der Waals surface area contributed by atoms with E-state index in [-0.39, 0.29) is 6.04 Å². The third kappa shape index (κ3) is 4.71. The lowest BCUT2D eigenvalue weighted by molar-refractivity contribution is 0.134. The van der Waals surface area contributed by atoms with Crippen LogP contribution in [-0.2, 0) is 4.74 Å². The Hall–Kier alpha value is -0.390. The molecule has 0 bridgehead atoms. The highest BCUT2D eigenvalue weighted by molar-refractivity contribution is 7.80. The van der Waals surface area contributed by atoms with Crippen molar-refractivity contribution < 1.29 is 4.74 Å². The molecular formula is C13H27N3OS. The number of piperazine rings is 1. The van der Waals surface area contributed by atoms with Crippen molar-refractivity contribution in [3.63, 3.8) is 0 Å². The van der Waals surface area contributed by atoms with Gasteiger partial charge >= 0.3 is 0 Å². The highest BCUT2D eigenvalue weighted by Gasteiger charge is 2.21. The second kappa shape index (κ2) is 7.92. The van der Waals surface area contributed by atoms with Crippen LogP contribution in [0.5, 0.6) is 0 Å². The number of hydrogen-bond acceptors (Lipinski definition) is 3. The molecule has 2 atom stereocenters. The zero-order valence-electron chi connectivity index (χ0n) is 12.1. The summed E-state index contributed by atoms with van der Waals surface area (Å²) < 4.78 is 5.11. The molecule has 0 aromatic rings. The van der Waals surface area contributed by atoms with Gasteiger partial charge in [0.25, 0.3) is 0 Å². The fourth-order valence-corrected chi connectivity index (χ4v) is 2.60. The van der Waals surface area contributed by atoms with Crippen LogP contribution in [0.2, 0.25) is 0 Å². The minimum atomic E-state index is 0.273. The van der Waals surface area contributed by atoms with Crippen LogP contribution >= 0.6 is 12.2 Å². The van der Waals surface area contributed by atoms with E-state index in [9.17, 15) is 0 Å². The molecule has 2 unspecified atom stereocenters. The van der Waals surface area contributed by atoms with Crippen LogP contribution in [0.4, 0.5) is 0 Å². The van der Waals surface area contributed by atoms with Gasteiger partial charge < -0.3 is 15.0 Å². The number of methoxy groups -OCH3 is 1. The van der Waals surface area contributed by atoms with Gasteiger partial charge in [-0.2, -0.15) is 0 Å². The average Bonchev–Trinajstić information content (AvgIpc) is 2.38. The van der Waals surface area contributed by atoms with Crippen molar-refractivity contribution in [2.75, 3.05) is 39.9 Å². The Morgan fingerprint density at radius 2 is 1.89 bits per heavy atom. The molecule has 18 heavy (non-hydrogen) atoms. The number of ether oxygens (including phenoxy) is 1. The zero-order chi connectivity index (χ0) is 13.5. The second-order valence-electron chi connectivity index (χ2n) is 5.09.